The van der Waals surface area contributed by atoms with E-state index in [1.165, 1.54) is 12.8 Å². The van der Waals surface area contributed by atoms with Crippen LogP contribution in [0.5, 0.6) is 5.75 Å². The van der Waals surface area contributed by atoms with Gasteiger partial charge in [0, 0.05) is 29.4 Å². The Bertz CT molecular complexity index is 1260. The highest BCUT2D eigenvalue weighted by atomic mass is 16.5. The summed E-state index contributed by atoms with van der Waals surface area (Å²) in [6, 6.07) is 16.5. The number of benzene rings is 2. The molecule has 2 aromatic carbocycles. The first kappa shape index (κ1) is 20.9. The van der Waals surface area contributed by atoms with Gasteiger partial charge in [-0.15, -0.1) is 5.10 Å². The lowest BCUT2D eigenvalue weighted by molar-refractivity contribution is 0.0948. The number of nitrogens with two attached hydrogens (primary N) is 1. The van der Waals surface area contributed by atoms with Crippen molar-refractivity contribution in [1.82, 2.24) is 24.6 Å². The first-order valence-corrected chi connectivity index (χ1v) is 11.0. The summed E-state index contributed by atoms with van der Waals surface area (Å²) < 4.78 is 6.93. The Morgan fingerprint density at radius 1 is 1.09 bits per heavy atom. The molecule has 2 aromatic heterocycles. The van der Waals surface area contributed by atoms with E-state index in [1.54, 1.807) is 24.4 Å². The highest BCUT2D eigenvalue weighted by molar-refractivity contribution is 6.00. The number of likely N-dealkylation sites (tertiary alicyclic amines) is 1. The second-order valence-electron chi connectivity index (χ2n) is 7.97. The monoisotopic (exact) mass is 443 g/mol. The maximum atomic E-state index is 12.9. The highest BCUT2D eigenvalue weighted by Gasteiger charge is 2.17. The molecule has 0 atom stereocenters. The van der Waals surface area contributed by atoms with Gasteiger partial charge in [-0.1, -0.05) is 6.07 Å². The number of aromatic nitrogens is 4. The van der Waals surface area contributed by atoms with Crippen LogP contribution in [0.3, 0.4) is 0 Å². The Labute approximate surface area is 191 Å². The van der Waals surface area contributed by atoms with Crippen LogP contribution in [0, 0.1) is 0 Å². The summed E-state index contributed by atoms with van der Waals surface area (Å²) in [5, 5.41) is 8.19. The molecule has 0 amide bonds. The molecule has 0 radical (unpaired) electrons. The average molecular weight is 444 g/mol. The van der Waals surface area contributed by atoms with E-state index in [-0.39, 0.29) is 17.8 Å². The fraction of sp³-hybridized carbons (Fsp3) is 0.250. The number of ether oxygens (including phenoxy) is 1. The average Bonchev–Trinajstić information content (AvgIpc) is 3.49. The van der Waals surface area contributed by atoms with Crippen LogP contribution in [0.4, 0.5) is 17.6 Å². The first-order chi connectivity index (χ1) is 16.2. The smallest absolute Gasteiger partial charge is 0.281 e. The van der Waals surface area contributed by atoms with Crippen molar-refractivity contribution in [2.75, 3.05) is 37.3 Å². The number of carbonyl (C=O) groups excluding carboxylic acids is 1. The zero-order valence-corrected chi connectivity index (χ0v) is 18.1. The van der Waals surface area contributed by atoms with Gasteiger partial charge in [0.05, 0.1) is 5.52 Å². The SMILES string of the molecule is Nc1nc(Nc2ccc(OCCN3CCCC3)cc2)nn1C(=O)c1ccc2ncccc2c1. The lowest BCUT2D eigenvalue weighted by Gasteiger charge is -2.15. The lowest BCUT2D eigenvalue weighted by Crippen LogP contribution is -2.25. The molecular formula is C24H25N7O2. The topological polar surface area (TPSA) is 111 Å². The molecule has 9 nitrogen and oxygen atoms in total. The van der Waals surface area contributed by atoms with Gasteiger partial charge in [-0.25, -0.2) is 0 Å². The third-order valence-corrected chi connectivity index (χ3v) is 5.66. The van der Waals surface area contributed by atoms with E-state index in [9.17, 15) is 4.79 Å². The molecule has 1 aliphatic heterocycles. The summed E-state index contributed by atoms with van der Waals surface area (Å²) in [6.45, 7) is 3.94. The molecule has 4 aromatic rings. The van der Waals surface area contributed by atoms with Crippen LogP contribution in [0.15, 0.2) is 60.8 Å². The van der Waals surface area contributed by atoms with Crippen LogP contribution in [0.25, 0.3) is 10.9 Å². The van der Waals surface area contributed by atoms with Gasteiger partial charge in [0.2, 0.25) is 11.9 Å². The number of fused-ring (bicyclic) bond motifs is 1. The molecule has 0 saturated carbocycles. The standard InChI is InChI=1S/C24H25N7O2/c25-23-28-24(27-19-6-8-20(9-7-19)33-15-14-30-12-1-2-13-30)29-31(23)22(32)18-5-10-21-17(16-18)4-3-11-26-21/h3-11,16H,1-2,12-15H2,(H3,25,27,28,29). The van der Waals surface area contributed by atoms with Crippen LogP contribution >= 0.6 is 0 Å². The number of nitrogens with zero attached hydrogens (tertiary/aromatic N) is 5. The molecule has 3 heterocycles. The van der Waals surface area contributed by atoms with E-state index in [0.717, 1.165) is 46.7 Å². The summed E-state index contributed by atoms with van der Waals surface area (Å²) in [7, 11) is 0. The zero-order valence-electron chi connectivity index (χ0n) is 18.1. The minimum Gasteiger partial charge on any atom is -0.492 e. The Hall–Kier alpha value is -3.98. The van der Waals surface area contributed by atoms with Crippen molar-refractivity contribution in [1.29, 1.82) is 0 Å². The number of carbonyl (C=O) groups is 1. The molecule has 0 spiro atoms. The summed E-state index contributed by atoms with van der Waals surface area (Å²) in [4.78, 5) is 23.8. The molecule has 1 fully saturated rings. The lowest BCUT2D eigenvalue weighted by atomic mass is 10.1. The number of nitrogens with one attached hydrogen (secondary N) is 1. The summed E-state index contributed by atoms with van der Waals surface area (Å²) in [5.41, 5.74) is 8.00. The van der Waals surface area contributed by atoms with Gasteiger partial charge >= 0.3 is 0 Å². The first-order valence-electron chi connectivity index (χ1n) is 11.0. The minimum atomic E-state index is -0.361. The van der Waals surface area contributed by atoms with Crippen LogP contribution in [0.2, 0.25) is 0 Å². The number of pyridine rings is 1. The predicted octanol–water partition coefficient (Wildman–Crippen LogP) is 3.32. The van der Waals surface area contributed by atoms with Crippen molar-refractivity contribution in [2.45, 2.75) is 12.8 Å². The van der Waals surface area contributed by atoms with Gasteiger partial charge in [-0.05, 0) is 74.5 Å². The Morgan fingerprint density at radius 2 is 1.91 bits per heavy atom. The highest BCUT2D eigenvalue weighted by Crippen LogP contribution is 2.20. The van der Waals surface area contributed by atoms with E-state index in [2.05, 4.69) is 25.3 Å². The van der Waals surface area contributed by atoms with Crippen molar-refractivity contribution in [3.63, 3.8) is 0 Å². The minimum absolute atomic E-state index is 0.00986. The van der Waals surface area contributed by atoms with E-state index < -0.39 is 0 Å². The number of hydrogen-bond acceptors (Lipinski definition) is 8. The zero-order chi connectivity index (χ0) is 22.6. The Kier molecular flexibility index (Phi) is 5.86. The van der Waals surface area contributed by atoms with Crippen molar-refractivity contribution < 1.29 is 9.53 Å². The van der Waals surface area contributed by atoms with Gasteiger partial charge in [-0.3, -0.25) is 14.7 Å². The normalized spacial score (nSPS) is 13.9. The predicted molar refractivity (Wildman–Crippen MR) is 127 cm³/mol. The van der Waals surface area contributed by atoms with E-state index in [0.29, 0.717) is 12.2 Å². The van der Waals surface area contributed by atoms with E-state index in [1.807, 2.05) is 36.4 Å². The maximum Gasteiger partial charge on any atom is 0.281 e. The van der Waals surface area contributed by atoms with Gasteiger partial charge in [0.1, 0.15) is 12.4 Å². The number of rotatable bonds is 7. The molecule has 0 unspecified atom stereocenters. The quantitative estimate of drug-likeness (QED) is 0.448. The second kappa shape index (κ2) is 9.25. The van der Waals surface area contributed by atoms with E-state index in [4.69, 9.17) is 10.5 Å². The molecular weight excluding hydrogens is 418 g/mol. The van der Waals surface area contributed by atoms with Gasteiger partial charge in [-0.2, -0.15) is 9.67 Å². The van der Waals surface area contributed by atoms with Gasteiger partial charge < -0.3 is 15.8 Å². The third kappa shape index (κ3) is 4.78. The molecule has 1 saturated heterocycles. The largest absolute Gasteiger partial charge is 0.492 e. The van der Waals surface area contributed by atoms with Crippen molar-refractivity contribution in [3.8, 4) is 5.75 Å². The second-order valence-corrected chi connectivity index (χ2v) is 7.97. The number of anilines is 3. The number of nitrogen functional groups attached to an aromatic ring is 1. The van der Waals surface area contributed by atoms with Gasteiger partial charge in [0.25, 0.3) is 5.91 Å². The maximum absolute atomic E-state index is 12.9. The van der Waals surface area contributed by atoms with Crippen molar-refractivity contribution >= 4 is 34.4 Å². The fourth-order valence-corrected chi connectivity index (χ4v) is 3.92. The van der Waals surface area contributed by atoms with Crippen LogP contribution in [-0.4, -0.2) is 56.8 Å². The Morgan fingerprint density at radius 3 is 2.73 bits per heavy atom. The molecule has 168 valence electrons. The van der Waals surface area contributed by atoms with E-state index >= 15 is 0 Å². The third-order valence-electron chi connectivity index (χ3n) is 5.66. The fourth-order valence-electron chi connectivity index (χ4n) is 3.92. The molecule has 33 heavy (non-hydrogen) atoms. The molecule has 0 aliphatic carbocycles. The summed E-state index contributed by atoms with van der Waals surface area (Å²) >= 11 is 0. The molecule has 1 aliphatic rings. The van der Waals surface area contributed by atoms with Crippen molar-refractivity contribution in [3.05, 3.63) is 66.4 Å². The van der Waals surface area contributed by atoms with Gasteiger partial charge in [0.15, 0.2) is 0 Å². The van der Waals surface area contributed by atoms with Crippen LogP contribution < -0.4 is 15.8 Å². The molecule has 0 bridgehead atoms. The molecule has 3 N–H and O–H groups in total. The van der Waals surface area contributed by atoms with Crippen LogP contribution in [-0.2, 0) is 0 Å². The Balaban J connectivity index is 1.23. The number of hydrogen-bond donors (Lipinski definition) is 2. The van der Waals surface area contributed by atoms with Crippen molar-refractivity contribution in [2.24, 2.45) is 0 Å². The summed E-state index contributed by atoms with van der Waals surface area (Å²) in [6.07, 6.45) is 4.27. The molecule has 5 rings (SSSR count). The molecule has 9 heteroatoms. The van der Waals surface area contributed by atoms with Crippen LogP contribution in [0.1, 0.15) is 23.2 Å². The summed E-state index contributed by atoms with van der Waals surface area (Å²) in [5.74, 6) is 0.695.